The molecule has 0 saturated heterocycles. The van der Waals surface area contributed by atoms with Gasteiger partial charge in [0.25, 0.3) is 0 Å². The second-order valence-electron chi connectivity index (χ2n) is 4.32. The highest BCUT2D eigenvalue weighted by Crippen LogP contribution is 2.27. The molecule has 0 aliphatic rings. The molecule has 1 unspecified atom stereocenters. The molecule has 1 rings (SSSR count). The zero-order chi connectivity index (χ0) is 10.8. The number of halogens is 1. The first-order chi connectivity index (χ1) is 6.40. The van der Waals surface area contributed by atoms with Crippen LogP contribution in [0.4, 0.5) is 0 Å². The van der Waals surface area contributed by atoms with Crippen LogP contribution in [-0.4, -0.2) is 17.2 Å². The van der Waals surface area contributed by atoms with Gasteiger partial charge in [-0.25, -0.2) is 0 Å². The normalized spacial score (nSPS) is 14.4. The molecule has 80 valence electrons. The molecule has 0 aliphatic heterocycles. The second-order valence-corrected chi connectivity index (χ2v) is 5.92. The van der Waals surface area contributed by atoms with Crippen LogP contribution in [0.25, 0.3) is 0 Å². The van der Waals surface area contributed by atoms with E-state index in [-0.39, 0.29) is 5.54 Å². The van der Waals surface area contributed by atoms with Crippen LogP contribution in [0.3, 0.4) is 0 Å². The summed E-state index contributed by atoms with van der Waals surface area (Å²) in [5.74, 6) is 0. The van der Waals surface area contributed by atoms with Crippen LogP contribution in [0.5, 0.6) is 0 Å². The Labute approximate surface area is 97.5 Å². The van der Waals surface area contributed by atoms with E-state index in [0.717, 1.165) is 10.0 Å². The van der Waals surface area contributed by atoms with Crippen LogP contribution in [0.15, 0.2) is 15.2 Å². The summed E-state index contributed by atoms with van der Waals surface area (Å²) >= 11 is 5.00. The van der Waals surface area contributed by atoms with Crippen LogP contribution in [-0.2, 0) is 0 Å². The van der Waals surface area contributed by atoms with Gasteiger partial charge in [0.05, 0.1) is 6.10 Å². The lowest BCUT2D eigenvalue weighted by molar-refractivity contribution is 0.163. The Morgan fingerprint density at radius 2 is 2.14 bits per heavy atom. The highest BCUT2D eigenvalue weighted by Gasteiger charge is 2.15. The molecule has 0 aromatic carbocycles. The van der Waals surface area contributed by atoms with Crippen LogP contribution in [0.2, 0.25) is 0 Å². The number of thiophene rings is 1. The predicted octanol–water partition coefficient (Wildman–Crippen LogP) is 2.93. The number of β-amino-alcohol motifs (C(OH)–C–C–N with tert-alkyl or cyclic N) is 1. The topological polar surface area (TPSA) is 32.3 Å². The highest BCUT2D eigenvalue weighted by molar-refractivity contribution is 9.10. The van der Waals surface area contributed by atoms with Crippen molar-refractivity contribution in [2.45, 2.75) is 32.4 Å². The molecule has 1 heterocycles. The lowest BCUT2D eigenvalue weighted by atomic mass is 10.1. The minimum atomic E-state index is -0.435. The summed E-state index contributed by atoms with van der Waals surface area (Å²) in [6.45, 7) is 6.84. The molecule has 1 aromatic heterocycles. The Bertz CT molecular complexity index is 293. The summed E-state index contributed by atoms with van der Waals surface area (Å²) in [5.41, 5.74) is 1.01. The molecule has 4 heteroatoms. The monoisotopic (exact) mass is 277 g/mol. The van der Waals surface area contributed by atoms with Crippen molar-refractivity contribution in [1.82, 2.24) is 5.32 Å². The molecule has 0 saturated carbocycles. The predicted molar refractivity (Wildman–Crippen MR) is 64.7 cm³/mol. The Hall–Kier alpha value is 0.100. The number of nitrogens with one attached hydrogen (secondary N) is 1. The van der Waals surface area contributed by atoms with Gasteiger partial charge >= 0.3 is 0 Å². The molecule has 0 aliphatic carbocycles. The van der Waals surface area contributed by atoms with Gasteiger partial charge < -0.3 is 10.4 Å². The minimum Gasteiger partial charge on any atom is -0.387 e. The van der Waals surface area contributed by atoms with Crippen molar-refractivity contribution in [3.63, 3.8) is 0 Å². The fraction of sp³-hybridized carbons (Fsp3) is 0.600. The summed E-state index contributed by atoms with van der Waals surface area (Å²) in [6.07, 6.45) is -0.435. The first-order valence-corrected chi connectivity index (χ1v) is 6.28. The van der Waals surface area contributed by atoms with Crippen molar-refractivity contribution >= 4 is 27.3 Å². The fourth-order valence-electron chi connectivity index (χ4n) is 1.04. The first kappa shape index (κ1) is 12.2. The molecule has 0 radical (unpaired) electrons. The molecule has 0 amide bonds. The van der Waals surface area contributed by atoms with E-state index in [0.29, 0.717) is 6.54 Å². The van der Waals surface area contributed by atoms with Gasteiger partial charge in [0.1, 0.15) is 0 Å². The summed E-state index contributed by atoms with van der Waals surface area (Å²) in [6, 6.07) is 0. The van der Waals surface area contributed by atoms with Crippen molar-refractivity contribution in [2.24, 2.45) is 0 Å². The Morgan fingerprint density at radius 1 is 1.50 bits per heavy atom. The van der Waals surface area contributed by atoms with Crippen LogP contribution >= 0.6 is 27.3 Å². The van der Waals surface area contributed by atoms with E-state index in [2.05, 4.69) is 42.0 Å². The first-order valence-electron chi connectivity index (χ1n) is 4.55. The molecule has 0 spiro atoms. The van der Waals surface area contributed by atoms with E-state index < -0.39 is 6.10 Å². The molecule has 2 N–H and O–H groups in total. The molecule has 1 aromatic rings. The van der Waals surface area contributed by atoms with Crippen LogP contribution in [0.1, 0.15) is 32.4 Å². The molecule has 0 bridgehead atoms. The van der Waals surface area contributed by atoms with Gasteiger partial charge in [-0.15, -0.1) is 0 Å². The summed E-state index contributed by atoms with van der Waals surface area (Å²) in [4.78, 5) is 0. The Balaban J connectivity index is 2.51. The smallest absolute Gasteiger partial charge is 0.0933 e. The number of rotatable bonds is 3. The minimum absolute atomic E-state index is 0.0451. The van der Waals surface area contributed by atoms with Crippen molar-refractivity contribution in [1.29, 1.82) is 0 Å². The van der Waals surface area contributed by atoms with Crippen molar-refractivity contribution in [2.75, 3.05) is 6.54 Å². The average molecular weight is 278 g/mol. The van der Waals surface area contributed by atoms with E-state index in [4.69, 9.17) is 0 Å². The fourth-order valence-corrected chi connectivity index (χ4v) is 2.65. The van der Waals surface area contributed by atoms with E-state index >= 15 is 0 Å². The maximum Gasteiger partial charge on any atom is 0.0933 e. The third-order valence-electron chi connectivity index (χ3n) is 1.83. The zero-order valence-corrected chi connectivity index (χ0v) is 11.1. The number of aliphatic hydroxyl groups excluding tert-OH is 1. The average Bonchev–Trinajstić information content (AvgIpc) is 2.46. The van der Waals surface area contributed by atoms with Gasteiger partial charge in [0, 0.05) is 27.5 Å². The Kier molecular flexibility index (Phi) is 4.13. The molecule has 1 atom stereocenters. The lowest BCUT2D eigenvalue weighted by Crippen LogP contribution is -2.38. The molecular formula is C10H16BrNOS. The number of hydrogen-bond acceptors (Lipinski definition) is 3. The van der Waals surface area contributed by atoms with Crippen LogP contribution in [0, 0.1) is 0 Å². The maximum absolute atomic E-state index is 9.87. The van der Waals surface area contributed by atoms with Gasteiger partial charge in [0.2, 0.25) is 0 Å². The van der Waals surface area contributed by atoms with Gasteiger partial charge in [-0.05, 0) is 42.1 Å². The van der Waals surface area contributed by atoms with E-state index in [1.165, 1.54) is 0 Å². The van der Waals surface area contributed by atoms with E-state index in [9.17, 15) is 5.11 Å². The van der Waals surface area contributed by atoms with E-state index in [1.807, 2.05) is 10.8 Å². The standard InChI is InChI=1S/C10H16BrNOS/c1-10(2,3)12-4-9(13)7-5-14-6-8(7)11/h5-6,9,12-13H,4H2,1-3H3. The summed E-state index contributed by atoms with van der Waals surface area (Å²) < 4.78 is 0.991. The van der Waals surface area contributed by atoms with Gasteiger partial charge in [-0.3, -0.25) is 0 Å². The summed E-state index contributed by atoms with van der Waals surface area (Å²) in [5, 5.41) is 17.1. The third kappa shape index (κ3) is 3.69. The molecule has 2 nitrogen and oxygen atoms in total. The lowest BCUT2D eigenvalue weighted by Gasteiger charge is -2.22. The largest absolute Gasteiger partial charge is 0.387 e. The SMILES string of the molecule is CC(C)(C)NCC(O)c1cscc1Br. The molecular weight excluding hydrogens is 262 g/mol. The van der Waals surface area contributed by atoms with Gasteiger partial charge in [0.15, 0.2) is 0 Å². The number of aliphatic hydroxyl groups is 1. The van der Waals surface area contributed by atoms with Crippen molar-refractivity contribution in [3.8, 4) is 0 Å². The molecule has 0 fully saturated rings. The highest BCUT2D eigenvalue weighted by atomic mass is 79.9. The van der Waals surface area contributed by atoms with E-state index in [1.54, 1.807) is 11.3 Å². The van der Waals surface area contributed by atoms with Crippen molar-refractivity contribution in [3.05, 3.63) is 20.8 Å². The van der Waals surface area contributed by atoms with Gasteiger partial charge in [-0.1, -0.05) is 0 Å². The van der Waals surface area contributed by atoms with Gasteiger partial charge in [-0.2, -0.15) is 11.3 Å². The maximum atomic E-state index is 9.87. The quantitative estimate of drug-likeness (QED) is 0.891. The Morgan fingerprint density at radius 3 is 2.57 bits per heavy atom. The number of hydrogen-bond donors (Lipinski definition) is 2. The third-order valence-corrected chi connectivity index (χ3v) is 3.58. The van der Waals surface area contributed by atoms with Crippen molar-refractivity contribution < 1.29 is 5.11 Å². The summed E-state index contributed by atoms with van der Waals surface area (Å²) in [7, 11) is 0. The second kappa shape index (κ2) is 4.75. The molecule has 14 heavy (non-hydrogen) atoms. The van der Waals surface area contributed by atoms with Crippen LogP contribution < -0.4 is 5.32 Å². The zero-order valence-electron chi connectivity index (χ0n) is 8.67.